The van der Waals surface area contributed by atoms with Gasteiger partial charge in [0.1, 0.15) is 5.82 Å². The van der Waals surface area contributed by atoms with Crippen LogP contribution in [0.1, 0.15) is 18.3 Å². The molecular formula is C22H26N6O4S2. The molecule has 34 heavy (non-hydrogen) atoms. The van der Waals surface area contributed by atoms with Crippen LogP contribution < -0.4 is 15.5 Å². The van der Waals surface area contributed by atoms with Crippen LogP contribution in [0.2, 0.25) is 0 Å². The largest absolute Gasteiger partial charge is 0.377 e. The van der Waals surface area contributed by atoms with Crippen molar-refractivity contribution in [3.8, 4) is 11.4 Å². The summed E-state index contributed by atoms with van der Waals surface area (Å²) in [5.74, 6) is 0.773. The maximum atomic E-state index is 13.0. The Balaban J connectivity index is 1.71. The third-order valence-corrected chi connectivity index (χ3v) is 8.36. The van der Waals surface area contributed by atoms with E-state index in [0.717, 1.165) is 11.3 Å². The maximum Gasteiger partial charge on any atom is 0.318 e. The summed E-state index contributed by atoms with van der Waals surface area (Å²) in [4.78, 5) is 27.1. The van der Waals surface area contributed by atoms with Gasteiger partial charge in [0.15, 0.2) is 5.82 Å². The summed E-state index contributed by atoms with van der Waals surface area (Å²) in [7, 11) is -2.12. The third-order valence-electron chi connectivity index (χ3n) is 5.26. The van der Waals surface area contributed by atoms with Crippen molar-refractivity contribution >= 4 is 38.7 Å². The van der Waals surface area contributed by atoms with Crippen molar-refractivity contribution in [1.29, 1.82) is 0 Å². The monoisotopic (exact) mass is 502 g/mol. The molecule has 2 N–H and O–H groups in total. The van der Waals surface area contributed by atoms with E-state index in [1.54, 1.807) is 42.6 Å². The summed E-state index contributed by atoms with van der Waals surface area (Å²) in [5, 5.41) is 6.92. The van der Waals surface area contributed by atoms with Crippen molar-refractivity contribution in [2.24, 2.45) is 0 Å². The molecule has 0 saturated carbocycles. The zero-order valence-corrected chi connectivity index (χ0v) is 20.7. The van der Waals surface area contributed by atoms with Gasteiger partial charge in [0, 0.05) is 42.0 Å². The molecule has 1 aliphatic rings. The highest BCUT2D eigenvalue weighted by molar-refractivity contribution is 7.92. The van der Waals surface area contributed by atoms with E-state index in [1.807, 2.05) is 6.92 Å². The Bertz CT molecular complexity index is 1280. The van der Waals surface area contributed by atoms with Crippen LogP contribution in [0.25, 0.3) is 11.4 Å². The summed E-state index contributed by atoms with van der Waals surface area (Å²) in [6, 6.07) is 8.55. The molecule has 2 aromatic heterocycles. The van der Waals surface area contributed by atoms with Gasteiger partial charge in [0.05, 0.1) is 30.7 Å². The lowest BCUT2D eigenvalue weighted by Gasteiger charge is -2.34. The van der Waals surface area contributed by atoms with E-state index in [2.05, 4.69) is 25.5 Å². The first-order valence-corrected chi connectivity index (χ1v) is 13.2. The highest BCUT2D eigenvalue weighted by atomic mass is 32.2. The van der Waals surface area contributed by atoms with Crippen molar-refractivity contribution in [3.05, 3.63) is 47.1 Å². The lowest BCUT2D eigenvalue weighted by Crippen LogP contribution is -2.44. The maximum absolute atomic E-state index is 13.0. The fourth-order valence-corrected chi connectivity index (χ4v) is 5.90. The van der Waals surface area contributed by atoms with Crippen LogP contribution in [0.3, 0.4) is 0 Å². The number of carbonyl (C=O) groups excluding carboxylic acids is 1. The lowest BCUT2D eigenvalue weighted by atomic mass is 10.2. The van der Waals surface area contributed by atoms with E-state index >= 15 is 0 Å². The van der Waals surface area contributed by atoms with Crippen LogP contribution in [0.4, 0.5) is 16.3 Å². The predicted molar refractivity (Wildman–Crippen MR) is 131 cm³/mol. The molecule has 10 nitrogen and oxygen atoms in total. The summed E-state index contributed by atoms with van der Waals surface area (Å²) in [6.45, 7) is 5.57. The van der Waals surface area contributed by atoms with E-state index < -0.39 is 9.84 Å². The van der Waals surface area contributed by atoms with Crippen LogP contribution in [0, 0.1) is 6.92 Å². The standard InChI is InChI=1S/C22H26N6O4S2/c1-14-12-33-22(24-14)34(30,31)13-18-10-19(28-8-9-32-11-15(28)2)27-20(25-18)16-4-6-17(7-5-16)26-21(29)23-3/h4-7,10,12,15H,8-9,11,13H2,1-3H3,(H2,23,26,29)/t15-/m0/s1. The van der Waals surface area contributed by atoms with Gasteiger partial charge in [0.25, 0.3) is 0 Å². The van der Waals surface area contributed by atoms with E-state index in [-0.39, 0.29) is 22.2 Å². The lowest BCUT2D eigenvalue weighted by molar-refractivity contribution is 0.0985. The van der Waals surface area contributed by atoms with E-state index in [9.17, 15) is 13.2 Å². The van der Waals surface area contributed by atoms with Crippen LogP contribution in [0.5, 0.6) is 0 Å². The summed E-state index contributed by atoms with van der Waals surface area (Å²) in [5.41, 5.74) is 2.37. The molecule has 4 rings (SSSR count). The zero-order valence-electron chi connectivity index (χ0n) is 19.1. The second-order valence-corrected chi connectivity index (χ2v) is 11.0. The molecule has 3 aromatic rings. The Kier molecular flexibility index (Phi) is 7.10. The van der Waals surface area contributed by atoms with Gasteiger partial charge in [-0.1, -0.05) is 0 Å². The van der Waals surface area contributed by atoms with Crippen molar-refractivity contribution < 1.29 is 17.9 Å². The first-order valence-electron chi connectivity index (χ1n) is 10.7. The quantitative estimate of drug-likeness (QED) is 0.527. The number of anilines is 2. The fraction of sp³-hybridized carbons (Fsp3) is 0.364. The second-order valence-electron chi connectivity index (χ2n) is 7.95. The van der Waals surface area contributed by atoms with Gasteiger partial charge in [-0.2, -0.15) is 0 Å². The number of thiazole rings is 1. The molecule has 1 atom stereocenters. The molecule has 0 spiro atoms. The zero-order chi connectivity index (χ0) is 24.3. The molecule has 1 aromatic carbocycles. The Hall–Kier alpha value is -3.09. The fourth-order valence-electron chi connectivity index (χ4n) is 3.53. The van der Waals surface area contributed by atoms with Crippen LogP contribution in [-0.4, -0.2) is 62.2 Å². The molecule has 3 heterocycles. The van der Waals surface area contributed by atoms with Gasteiger partial charge in [-0.3, -0.25) is 0 Å². The van der Waals surface area contributed by atoms with Gasteiger partial charge in [-0.25, -0.2) is 28.2 Å². The number of urea groups is 1. The van der Waals surface area contributed by atoms with Gasteiger partial charge < -0.3 is 20.3 Å². The molecule has 180 valence electrons. The Labute approximate surface area is 202 Å². The molecule has 0 bridgehead atoms. The Morgan fingerprint density at radius 2 is 2.00 bits per heavy atom. The number of sulfone groups is 1. The number of hydrogen-bond acceptors (Lipinski definition) is 9. The summed E-state index contributed by atoms with van der Waals surface area (Å²) in [6.07, 6.45) is 0. The number of nitrogens with zero attached hydrogens (tertiary/aromatic N) is 4. The number of rotatable bonds is 6. The normalized spacial score (nSPS) is 16.3. The number of carbonyl (C=O) groups is 1. The highest BCUT2D eigenvalue weighted by Gasteiger charge is 2.25. The third kappa shape index (κ3) is 5.51. The van der Waals surface area contributed by atoms with Gasteiger partial charge in [0.2, 0.25) is 14.2 Å². The van der Waals surface area contributed by atoms with E-state index in [4.69, 9.17) is 9.72 Å². The van der Waals surface area contributed by atoms with Crippen molar-refractivity contribution in [2.75, 3.05) is 37.0 Å². The predicted octanol–water partition coefficient (Wildman–Crippen LogP) is 2.86. The SMILES string of the molecule is CNC(=O)Nc1ccc(-c2nc(CS(=O)(=O)c3nc(C)cs3)cc(N3CCOC[C@@H]3C)n2)cc1. The van der Waals surface area contributed by atoms with Crippen molar-refractivity contribution in [1.82, 2.24) is 20.3 Å². The van der Waals surface area contributed by atoms with Crippen LogP contribution >= 0.6 is 11.3 Å². The first kappa shape index (κ1) is 24.0. The molecule has 1 aliphatic heterocycles. The summed E-state index contributed by atoms with van der Waals surface area (Å²) >= 11 is 1.11. The average Bonchev–Trinajstić information content (AvgIpc) is 3.26. The summed E-state index contributed by atoms with van der Waals surface area (Å²) < 4.78 is 31.6. The van der Waals surface area contributed by atoms with Gasteiger partial charge in [-0.15, -0.1) is 11.3 Å². The minimum atomic E-state index is -3.66. The smallest absolute Gasteiger partial charge is 0.318 e. The van der Waals surface area contributed by atoms with Crippen molar-refractivity contribution in [2.45, 2.75) is 30.0 Å². The molecule has 0 unspecified atom stereocenters. The van der Waals surface area contributed by atoms with Crippen LogP contribution in [0.15, 0.2) is 40.1 Å². The molecular weight excluding hydrogens is 476 g/mol. The number of hydrogen-bond donors (Lipinski definition) is 2. The van der Waals surface area contributed by atoms with Gasteiger partial charge in [-0.05, 0) is 38.1 Å². The molecule has 1 fully saturated rings. The number of aryl methyl sites for hydroxylation is 1. The average molecular weight is 503 g/mol. The number of ether oxygens (including phenoxy) is 1. The number of aromatic nitrogens is 3. The topological polar surface area (TPSA) is 126 Å². The molecule has 0 aliphatic carbocycles. The van der Waals surface area contributed by atoms with E-state index in [1.165, 1.54) is 7.05 Å². The Morgan fingerprint density at radius 1 is 1.24 bits per heavy atom. The molecule has 2 amide bonds. The number of nitrogens with one attached hydrogen (secondary N) is 2. The number of benzene rings is 1. The molecule has 0 radical (unpaired) electrons. The molecule has 12 heteroatoms. The van der Waals surface area contributed by atoms with E-state index in [0.29, 0.717) is 54.0 Å². The number of morpholine rings is 1. The van der Waals surface area contributed by atoms with Crippen molar-refractivity contribution in [3.63, 3.8) is 0 Å². The number of amides is 2. The van der Waals surface area contributed by atoms with Crippen LogP contribution in [-0.2, 0) is 20.3 Å². The minimum absolute atomic E-state index is 0.0797. The highest BCUT2D eigenvalue weighted by Crippen LogP contribution is 2.27. The first-order chi connectivity index (χ1) is 16.2. The second kappa shape index (κ2) is 10.0. The molecule has 1 saturated heterocycles. The van der Waals surface area contributed by atoms with Gasteiger partial charge >= 0.3 is 6.03 Å². The Morgan fingerprint density at radius 3 is 2.65 bits per heavy atom. The minimum Gasteiger partial charge on any atom is -0.377 e.